The van der Waals surface area contributed by atoms with Crippen molar-refractivity contribution in [2.45, 2.75) is 65.1 Å². The molecule has 1 atom stereocenters. The Hall–Kier alpha value is -2.41. The Kier molecular flexibility index (Phi) is 6.67. The fourth-order valence-corrected chi connectivity index (χ4v) is 4.43. The molecule has 0 spiro atoms. The molecule has 7 heteroatoms. The molecule has 0 radical (unpaired) electrons. The van der Waals surface area contributed by atoms with Crippen molar-refractivity contribution in [1.82, 2.24) is 25.0 Å². The molecule has 162 valence electrons. The number of rotatable bonds is 6. The van der Waals surface area contributed by atoms with Crippen LogP contribution in [0.1, 0.15) is 68.1 Å². The minimum Gasteiger partial charge on any atom is -0.376 e. The van der Waals surface area contributed by atoms with Gasteiger partial charge in [0, 0.05) is 43.2 Å². The van der Waals surface area contributed by atoms with Gasteiger partial charge >= 0.3 is 6.03 Å². The van der Waals surface area contributed by atoms with Crippen LogP contribution >= 0.6 is 0 Å². The Morgan fingerprint density at radius 3 is 3.07 bits per heavy atom. The third kappa shape index (κ3) is 4.67. The molecule has 2 aromatic rings. The zero-order valence-electron chi connectivity index (χ0n) is 18.1. The molecule has 0 saturated carbocycles. The molecule has 4 rings (SSSR count). The molecule has 0 aromatic carbocycles. The van der Waals surface area contributed by atoms with Crippen LogP contribution in [0, 0.1) is 5.92 Å². The summed E-state index contributed by atoms with van der Waals surface area (Å²) in [7, 11) is 0. The molecule has 1 unspecified atom stereocenters. The largest absolute Gasteiger partial charge is 0.376 e. The fraction of sp³-hybridized carbons (Fsp3) is 0.609. The van der Waals surface area contributed by atoms with Gasteiger partial charge in [-0.25, -0.2) is 4.79 Å². The molecule has 1 saturated heterocycles. The number of piperidine rings is 1. The summed E-state index contributed by atoms with van der Waals surface area (Å²) in [5.74, 6) is 0.579. The average Bonchev–Trinajstić information content (AvgIpc) is 3.12. The highest BCUT2D eigenvalue weighted by atomic mass is 16.5. The first-order chi connectivity index (χ1) is 14.6. The van der Waals surface area contributed by atoms with Gasteiger partial charge in [0.25, 0.3) is 0 Å². The molecule has 2 aromatic heterocycles. The lowest BCUT2D eigenvalue weighted by atomic mass is 9.95. The Morgan fingerprint density at radius 1 is 1.37 bits per heavy atom. The van der Waals surface area contributed by atoms with Crippen molar-refractivity contribution in [1.29, 1.82) is 0 Å². The van der Waals surface area contributed by atoms with Crippen LogP contribution in [0.2, 0.25) is 0 Å². The smallest absolute Gasteiger partial charge is 0.317 e. The maximum absolute atomic E-state index is 13.0. The van der Waals surface area contributed by atoms with Crippen LogP contribution < -0.4 is 5.32 Å². The first-order valence-corrected chi connectivity index (χ1v) is 11.2. The molecule has 2 aliphatic rings. The zero-order valence-corrected chi connectivity index (χ0v) is 18.1. The predicted octanol–water partition coefficient (Wildman–Crippen LogP) is 3.68. The second-order valence-electron chi connectivity index (χ2n) is 8.75. The number of hydrogen-bond acceptors (Lipinski definition) is 4. The van der Waals surface area contributed by atoms with Crippen molar-refractivity contribution in [2.24, 2.45) is 5.92 Å². The molecular weight excluding hydrogens is 378 g/mol. The van der Waals surface area contributed by atoms with Crippen LogP contribution in [0.3, 0.4) is 0 Å². The van der Waals surface area contributed by atoms with Gasteiger partial charge in [0.15, 0.2) is 0 Å². The summed E-state index contributed by atoms with van der Waals surface area (Å²) < 4.78 is 7.90. The Bertz CT molecular complexity index is 849. The Morgan fingerprint density at radius 2 is 2.27 bits per heavy atom. The molecule has 0 aliphatic carbocycles. The number of carbonyl (C=O) groups excluding carboxylic acids is 1. The molecule has 30 heavy (non-hydrogen) atoms. The van der Waals surface area contributed by atoms with Crippen molar-refractivity contribution < 1.29 is 9.53 Å². The topological polar surface area (TPSA) is 72.3 Å². The Balaban J connectivity index is 1.58. The highest BCUT2D eigenvalue weighted by Gasteiger charge is 2.34. The average molecular weight is 412 g/mol. The van der Waals surface area contributed by atoms with Crippen molar-refractivity contribution in [3.63, 3.8) is 0 Å². The second-order valence-corrected chi connectivity index (χ2v) is 8.75. The summed E-state index contributed by atoms with van der Waals surface area (Å²) in [4.78, 5) is 19.2. The van der Waals surface area contributed by atoms with E-state index in [1.807, 2.05) is 17.2 Å². The van der Waals surface area contributed by atoms with E-state index in [2.05, 4.69) is 34.9 Å². The van der Waals surface area contributed by atoms with E-state index in [-0.39, 0.29) is 12.1 Å². The number of carbonyl (C=O) groups is 1. The van der Waals surface area contributed by atoms with Gasteiger partial charge in [-0.15, -0.1) is 0 Å². The van der Waals surface area contributed by atoms with Crippen LogP contribution in [0.25, 0.3) is 0 Å². The number of fused-ring (bicyclic) bond motifs is 1. The summed E-state index contributed by atoms with van der Waals surface area (Å²) >= 11 is 0. The molecule has 0 bridgehead atoms. The summed E-state index contributed by atoms with van der Waals surface area (Å²) in [6, 6.07) is 4.09. The monoisotopic (exact) mass is 411 g/mol. The van der Waals surface area contributed by atoms with Crippen LogP contribution in [0.15, 0.2) is 24.5 Å². The summed E-state index contributed by atoms with van der Waals surface area (Å²) in [5, 5.41) is 8.16. The molecule has 2 aliphatic heterocycles. The highest BCUT2D eigenvalue weighted by molar-refractivity contribution is 5.74. The summed E-state index contributed by atoms with van der Waals surface area (Å²) in [6.07, 6.45) is 8.65. The van der Waals surface area contributed by atoms with Crippen molar-refractivity contribution >= 4 is 6.03 Å². The molecular formula is C23H33N5O2. The van der Waals surface area contributed by atoms with Crippen molar-refractivity contribution in [3.8, 4) is 0 Å². The lowest BCUT2D eigenvalue weighted by Gasteiger charge is -2.35. The lowest BCUT2D eigenvalue weighted by molar-refractivity contribution is 0.105. The lowest BCUT2D eigenvalue weighted by Crippen LogP contribution is -2.45. The van der Waals surface area contributed by atoms with E-state index in [9.17, 15) is 4.79 Å². The number of amides is 2. The fourth-order valence-electron chi connectivity index (χ4n) is 4.43. The zero-order chi connectivity index (χ0) is 20.9. The van der Waals surface area contributed by atoms with Gasteiger partial charge in [-0.2, -0.15) is 5.10 Å². The number of nitrogens with one attached hydrogen (secondary N) is 1. The number of pyridine rings is 1. The number of aromatic nitrogens is 3. The van der Waals surface area contributed by atoms with E-state index in [1.54, 1.807) is 6.20 Å². The number of nitrogens with zero attached hydrogens (tertiary/aromatic N) is 4. The number of ether oxygens (including phenoxy) is 1. The van der Waals surface area contributed by atoms with Crippen LogP contribution in [0.5, 0.6) is 0 Å². The minimum atomic E-state index is 0.0170. The van der Waals surface area contributed by atoms with Gasteiger partial charge in [-0.1, -0.05) is 19.9 Å². The predicted molar refractivity (Wildman–Crippen MR) is 115 cm³/mol. The van der Waals surface area contributed by atoms with E-state index in [1.165, 1.54) is 11.3 Å². The van der Waals surface area contributed by atoms with Crippen molar-refractivity contribution in [2.75, 3.05) is 19.7 Å². The van der Waals surface area contributed by atoms with E-state index < -0.39 is 0 Å². The van der Waals surface area contributed by atoms with Gasteiger partial charge in [0.05, 0.1) is 31.5 Å². The SMILES string of the molecule is CC(C)CCNC(=O)N1CCCCC1c1nn(Cc2cccnc2)c2c1COCC2. The van der Waals surface area contributed by atoms with E-state index in [4.69, 9.17) is 9.84 Å². The van der Waals surface area contributed by atoms with Crippen LogP contribution in [-0.2, 0) is 24.3 Å². The summed E-state index contributed by atoms with van der Waals surface area (Å²) in [6.45, 7) is 7.85. The number of urea groups is 1. The molecule has 2 amide bonds. The normalized spacial score (nSPS) is 19.0. The highest BCUT2D eigenvalue weighted by Crippen LogP contribution is 2.35. The van der Waals surface area contributed by atoms with E-state index in [0.29, 0.717) is 19.1 Å². The third-order valence-electron chi connectivity index (χ3n) is 6.06. The van der Waals surface area contributed by atoms with Gasteiger partial charge in [-0.3, -0.25) is 9.67 Å². The first-order valence-electron chi connectivity index (χ1n) is 11.2. The Labute approximate surface area is 178 Å². The maximum Gasteiger partial charge on any atom is 0.317 e. The molecule has 1 fully saturated rings. The quantitative estimate of drug-likeness (QED) is 0.787. The van der Waals surface area contributed by atoms with Crippen LogP contribution in [0.4, 0.5) is 4.79 Å². The van der Waals surface area contributed by atoms with Gasteiger partial charge < -0.3 is 15.0 Å². The second kappa shape index (κ2) is 9.60. The molecule has 1 N–H and O–H groups in total. The summed E-state index contributed by atoms with van der Waals surface area (Å²) in [5.41, 5.74) is 4.57. The van der Waals surface area contributed by atoms with Gasteiger partial charge in [-0.05, 0) is 43.2 Å². The number of likely N-dealkylation sites (tertiary alicyclic amines) is 1. The minimum absolute atomic E-state index is 0.0170. The molecule has 4 heterocycles. The van der Waals surface area contributed by atoms with Crippen molar-refractivity contribution in [3.05, 3.63) is 47.0 Å². The molecule has 7 nitrogen and oxygen atoms in total. The third-order valence-corrected chi connectivity index (χ3v) is 6.06. The van der Waals surface area contributed by atoms with Crippen LogP contribution in [-0.4, -0.2) is 45.4 Å². The standard InChI is InChI=1S/C23H33N5O2/c1-17(2)8-11-25-23(29)27-12-4-3-7-21(27)22-19-16-30-13-9-20(19)28(26-22)15-18-6-5-10-24-14-18/h5-6,10,14,17,21H,3-4,7-9,11-13,15-16H2,1-2H3,(H,25,29). The van der Waals surface area contributed by atoms with E-state index >= 15 is 0 Å². The maximum atomic E-state index is 13.0. The van der Waals surface area contributed by atoms with Gasteiger partial charge in [0.1, 0.15) is 0 Å². The van der Waals surface area contributed by atoms with E-state index in [0.717, 1.165) is 63.1 Å². The number of hydrogen-bond donors (Lipinski definition) is 1. The first kappa shape index (κ1) is 20.8. The van der Waals surface area contributed by atoms with Gasteiger partial charge in [0.2, 0.25) is 0 Å².